The van der Waals surface area contributed by atoms with Gasteiger partial charge in [0.05, 0.1) is 11.4 Å². The second-order valence-corrected chi connectivity index (χ2v) is 4.47. The highest BCUT2D eigenvalue weighted by molar-refractivity contribution is 9.10. The van der Waals surface area contributed by atoms with Crippen molar-refractivity contribution in [2.45, 2.75) is 12.3 Å². The number of nitrogens with two attached hydrogens (primary N) is 1. The first-order valence-electron chi connectivity index (χ1n) is 4.41. The van der Waals surface area contributed by atoms with Crippen LogP contribution in [0.3, 0.4) is 0 Å². The van der Waals surface area contributed by atoms with Crippen molar-refractivity contribution in [3.05, 3.63) is 33.3 Å². The topological polar surface area (TPSA) is 63.3 Å². The first kappa shape index (κ1) is 15.7. The van der Waals surface area contributed by atoms with E-state index in [1.807, 2.05) is 6.07 Å². The van der Waals surface area contributed by atoms with E-state index in [4.69, 9.17) is 22.4 Å². The van der Waals surface area contributed by atoms with Gasteiger partial charge < -0.3 is 10.8 Å². The lowest BCUT2D eigenvalue weighted by Crippen LogP contribution is -2.16. The summed E-state index contributed by atoms with van der Waals surface area (Å²) < 4.78 is 0.755. The smallest absolute Gasteiger partial charge is 0.304 e. The van der Waals surface area contributed by atoms with E-state index in [1.54, 1.807) is 12.1 Å². The van der Waals surface area contributed by atoms with Crippen LogP contribution in [0.5, 0.6) is 0 Å². The Balaban J connectivity index is 0.00000225. The molecule has 0 heterocycles. The maximum Gasteiger partial charge on any atom is 0.304 e. The van der Waals surface area contributed by atoms with Crippen molar-refractivity contribution in [1.82, 2.24) is 0 Å². The van der Waals surface area contributed by atoms with Gasteiger partial charge in [-0.25, -0.2) is 0 Å². The monoisotopic (exact) mass is 327 g/mol. The molecule has 6 heteroatoms. The van der Waals surface area contributed by atoms with Crippen molar-refractivity contribution < 1.29 is 9.90 Å². The van der Waals surface area contributed by atoms with E-state index in [9.17, 15) is 4.79 Å². The third-order valence-corrected chi connectivity index (χ3v) is 3.33. The molecule has 3 nitrogen and oxygen atoms in total. The van der Waals surface area contributed by atoms with Gasteiger partial charge in [-0.1, -0.05) is 17.7 Å². The number of hydrogen-bond acceptors (Lipinski definition) is 2. The standard InChI is InChI=1S/C10H11BrClNO2.ClH/c11-8-3-6(1-2-9(8)12)7(5-13)4-10(14)15;/h1-3,7H,4-5,13H2,(H,14,15);1H/t7-;/m0./s1. The highest BCUT2D eigenvalue weighted by Crippen LogP contribution is 2.27. The lowest BCUT2D eigenvalue weighted by Gasteiger charge is -2.13. The Morgan fingerprint density at radius 1 is 1.56 bits per heavy atom. The fraction of sp³-hybridized carbons (Fsp3) is 0.300. The van der Waals surface area contributed by atoms with Crippen LogP contribution in [0.2, 0.25) is 5.02 Å². The average molecular weight is 329 g/mol. The quantitative estimate of drug-likeness (QED) is 0.892. The summed E-state index contributed by atoms with van der Waals surface area (Å²) in [4.78, 5) is 10.6. The van der Waals surface area contributed by atoms with Gasteiger partial charge in [-0.2, -0.15) is 0 Å². The summed E-state index contributed by atoms with van der Waals surface area (Å²) in [6, 6.07) is 5.34. The zero-order valence-corrected chi connectivity index (χ0v) is 11.5. The molecule has 0 fully saturated rings. The Morgan fingerprint density at radius 2 is 2.19 bits per heavy atom. The van der Waals surface area contributed by atoms with Gasteiger partial charge in [-0.3, -0.25) is 4.79 Å². The molecule has 1 aromatic rings. The first-order chi connectivity index (χ1) is 7.04. The van der Waals surface area contributed by atoms with Gasteiger partial charge in [0.2, 0.25) is 0 Å². The molecule has 3 N–H and O–H groups in total. The highest BCUT2D eigenvalue weighted by atomic mass is 79.9. The van der Waals surface area contributed by atoms with Crippen LogP contribution < -0.4 is 5.73 Å². The third kappa shape index (κ3) is 4.29. The fourth-order valence-corrected chi connectivity index (χ4v) is 1.83. The zero-order chi connectivity index (χ0) is 11.4. The molecule has 0 aliphatic carbocycles. The predicted molar refractivity (Wildman–Crippen MR) is 70.4 cm³/mol. The molecular weight excluding hydrogens is 317 g/mol. The van der Waals surface area contributed by atoms with Crippen LogP contribution in [-0.4, -0.2) is 17.6 Å². The van der Waals surface area contributed by atoms with Gasteiger partial charge in [0.15, 0.2) is 0 Å². The number of aliphatic carboxylic acids is 1. The summed E-state index contributed by atoms with van der Waals surface area (Å²) >= 11 is 9.13. The van der Waals surface area contributed by atoms with E-state index in [0.29, 0.717) is 11.6 Å². The molecule has 0 bridgehead atoms. The molecule has 0 saturated carbocycles. The van der Waals surface area contributed by atoms with Crippen LogP contribution in [-0.2, 0) is 4.79 Å². The first-order valence-corrected chi connectivity index (χ1v) is 5.58. The van der Waals surface area contributed by atoms with Crippen molar-refractivity contribution in [2.24, 2.45) is 5.73 Å². The molecule has 0 unspecified atom stereocenters. The van der Waals surface area contributed by atoms with E-state index in [1.165, 1.54) is 0 Å². The van der Waals surface area contributed by atoms with Crippen LogP contribution in [0.15, 0.2) is 22.7 Å². The minimum atomic E-state index is -0.850. The molecule has 0 amide bonds. The van der Waals surface area contributed by atoms with Gasteiger partial charge in [0.25, 0.3) is 0 Å². The third-order valence-electron chi connectivity index (χ3n) is 2.12. The predicted octanol–water partition coefficient (Wildman–Crippen LogP) is 3.04. The van der Waals surface area contributed by atoms with Crippen molar-refractivity contribution in [3.63, 3.8) is 0 Å². The number of rotatable bonds is 4. The fourth-order valence-electron chi connectivity index (χ4n) is 1.31. The summed E-state index contributed by atoms with van der Waals surface area (Å²) in [5, 5.41) is 9.31. The molecule has 0 aliphatic heterocycles. The normalized spacial score (nSPS) is 11.7. The summed E-state index contributed by atoms with van der Waals surface area (Å²) in [6.45, 7) is 0.306. The summed E-state index contributed by atoms with van der Waals surface area (Å²) in [6.07, 6.45) is 0.0323. The Morgan fingerprint density at radius 3 is 2.62 bits per heavy atom. The van der Waals surface area contributed by atoms with Crippen LogP contribution in [0.4, 0.5) is 0 Å². The zero-order valence-electron chi connectivity index (χ0n) is 8.32. The van der Waals surface area contributed by atoms with E-state index in [2.05, 4.69) is 15.9 Å². The number of carbonyl (C=O) groups is 1. The Kier molecular flexibility index (Phi) is 6.99. The molecule has 0 saturated heterocycles. The maximum absolute atomic E-state index is 10.6. The Bertz CT molecular complexity index is 374. The molecule has 1 aromatic carbocycles. The minimum absolute atomic E-state index is 0. The van der Waals surface area contributed by atoms with Crippen LogP contribution in [0, 0.1) is 0 Å². The molecule has 0 aromatic heterocycles. The second-order valence-electron chi connectivity index (χ2n) is 3.20. The Hall–Kier alpha value is -0.290. The maximum atomic E-state index is 10.6. The SMILES string of the molecule is Cl.NC[C@H](CC(=O)O)c1ccc(Cl)c(Br)c1. The number of carboxylic acid groups (broad SMARTS) is 1. The van der Waals surface area contributed by atoms with Gasteiger partial charge in [0.1, 0.15) is 0 Å². The average Bonchev–Trinajstić information content (AvgIpc) is 2.18. The van der Waals surface area contributed by atoms with Gasteiger partial charge in [0, 0.05) is 10.4 Å². The summed E-state index contributed by atoms with van der Waals surface area (Å²) in [5.74, 6) is -1.02. The number of benzene rings is 1. The molecule has 16 heavy (non-hydrogen) atoms. The van der Waals surface area contributed by atoms with Crippen LogP contribution in [0.1, 0.15) is 17.9 Å². The highest BCUT2D eigenvalue weighted by Gasteiger charge is 2.14. The summed E-state index contributed by atoms with van der Waals surface area (Å²) in [7, 11) is 0. The van der Waals surface area contributed by atoms with Crippen molar-refractivity contribution >= 4 is 45.9 Å². The number of hydrogen-bond donors (Lipinski definition) is 2. The van der Waals surface area contributed by atoms with Gasteiger partial charge >= 0.3 is 5.97 Å². The van der Waals surface area contributed by atoms with Crippen molar-refractivity contribution in [1.29, 1.82) is 0 Å². The van der Waals surface area contributed by atoms with Gasteiger partial charge in [-0.05, 0) is 40.2 Å². The molecule has 0 spiro atoms. The molecule has 0 aliphatic rings. The van der Waals surface area contributed by atoms with Gasteiger partial charge in [-0.15, -0.1) is 12.4 Å². The molecular formula is C10H12BrCl2NO2. The van der Waals surface area contributed by atoms with Crippen LogP contribution in [0.25, 0.3) is 0 Å². The van der Waals surface area contributed by atoms with E-state index in [0.717, 1.165) is 10.0 Å². The van der Waals surface area contributed by atoms with E-state index >= 15 is 0 Å². The van der Waals surface area contributed by atoms with E-state index in [-0.39, 0.29) is 24.7 Å². The lowest BCUT2D eigenvalue weighted by molar-refractivity contribution is -0.137. The van der Waals surface area contributed by atoms with Crippen LogP contribution >= 0.6 is 39.9 Å². The molecule has 0 radical (unpaired) electrons. The Labute approximate surface area is 114 Å². The van der Waals surface area contributed by atoms with E-state index < -0.39 is 5.97 Å². The molecule has 1 rings (SSSR count). The number of carboxylic acids is 1. The molecule has 90 valence electrons. The van der Waals surface area contributed by atoms with Crippen molar-refractivity contribution in [2.75, 3.05) is 6.54 Å². The minimum Gasteiger partial charge on any atom is -0.481 e. The molecule has 1 atom stereocenters. The largest absolute Gasteiger partial charge is 0.481 e. The summed E-state index contributed by atoms with van der Waals surface area (Å²) in [5.41, 5.74) is 6.41. The van der Waals surface area contributed by atoms with Crippen molar-refractivity contribution in [3.8, 4) is 0 Å². The second kappa shape index (κ2) is 7.12. The number of halogens is 3. The lowest BCUT2D eigenvalue weighted by atomic mass is 9.96.